The zero-order chi connectivity index (χ0) is 33.4. The molecule has 0 saturated heterocycles. The number of hydrogen-bond acceptors (Lipinski definition) is 10. The number of unbranched alkanes of at least 4 members (excludes halogenated alkanes) is 13. The van der Waals surface area contributed by atoms with Crippen LogP contribution in [0.25, 0.3) is 0 Å². The Morgan fingerprint density at radius 1 is 0.370 bits per heavy atom. The van der Waals surface area contributed by atoms with E-state index in [1.54, 1.807) is 0 Å². The summed E-state index contributed by atoms with van der Waals surface area (Å²) in [6, 6.07) is 0. The van der Waals surface area contributed by atoms with Crippen LogP contribution >= 0.6 is 0 Å². The quantitative estimate of drug-likeness (QED) is 0.0579. The van der Waals surface area contributed by atoms with Crippen LogP contribution in [0.3, 0.4) is 0 Å². The van der Waals surface area contributed by atoms with E-state index in [2.05, 4.69) is 6.92 Å². The first-order valence-electron chi connectivity index (χ1n) is 18.1. The molecule has 0 atom stereocenters. The lowest BCUT2D eigenvalue weighted by Gasteiger charge is -2.09. The maximum absolute atomic E-state index is 11.5. The van der Waals surface area contributed by atoms with Gasteiger partial charge in [-0.3, -0.25) is 9.59 Å². The summed E-state index contributed by atoms with van der Waals surface area (Å²) in [5, 5.41) is 8.55. The topological polar surface area (TPSA) is 128 Å². The maximum Gasteiger partial charge on any atom is 0.305 e. The van der Waals surface area contributed by atoms with Crippen LogP contribution in [-0.2, 0) is 47.5 Å². The number of hydrogen-bond donors (Lipinski definition) is 1. The van der Waals surface area contributed by atoms with Crippen molar-refractivity contribution in [3.63, 3.8) is 0 Å². The molecule has 46 heavy (non-hydrogen) atoms. The van der Waals surface area contributed by atoms with Gasteiger partial charge in [0.25, 0.3) is 0 Å². The summed E-state index contributed by atoms with van der Waals surface area (Å²) in [6.45, 7) is 9.69. The van der Waals surface area contributed by atoms with Crippen LogP contribution in [0.1, 0.15) is 116 Å². The second kappa shape index (κ2) is 39.8. The summed E-state index contributed by atoms with van der Waals surface area (Å²) >= 11 is 0. The molecular weight excluding hydrogens is 596 g/mol. The number of carbonyl (C=O) groups excluding carboxylic acids is 1. The van der Waals surface area contributed by atoms with E-state index in [9.17, 15) is 9.59 Å². The molecule has 274 valence electrons. The van der Waals surface area contributed by atoms with Gasteiger partial charge >= 0.3 is 11.9 Å². The molecule has 0 radical (unpaired) electrons. The van der Waals surface area contributed by atoms with Gasteiger partial charge in [0, 0.05) is 19.4 Å². The molecule has 0 aromatic rings. The first-order chi connectivity index (χ1) is 22.7. The molecule has 0 spiro atoms. The predicted molar refractivity (Wildman–Crippen MR) is 178 cm³/mol. The first kappa shape index (κ1) is 44.7. The number of aliphatic carboxylic acids is 1. The van der Waals surface area contributed by atoms with E-state index < -0.39 is 5.97 Å². The molecule has 0 rings (SSSR count). The number of esters is 1. The zero-order valence-corrected chi connectivity index (χ0v) is 29.2. The van der Waals surface area contributed by atoms with Crippen molar-refractivity contribution in [2.45, 2.75) is 116 Å². The molecule has 11 heteroatoms. The van der Waals surface area contributed by atoms with Crippen molar-refractivity contribution >= 4 is 11.9 Å². The lowest BCUT2D eigenvalue weighted by molar-refractivity contribution is -0.146. The van der Waals surface area contributed by atoms with E-state index in [0.29, 0.717) is 98.7 Å². The fraction of sp³-hybridized carbons (Fsp3) is 0.943. The molecule has 0 aromatic carbocycles. The lowest BCUT2D eigenvalue weighted by atomic mass is 10.0. The fourth-order valence-corrected chi connectivity index (χ4v) is 4.48. The molecule has 0 unspecified atom stereocenters. The van der Waals surface area contributed by atoms with Crippen LogP contribution < -0.4 is 0 Å². The lowest BCUT2D eigenvalue weighted by Crippen LogP contribution is -2.15. The summed E-state index contributed by atoms with van der Waals surface area (Å²) < 4.78 is 43.4. The third kappa shape index (κ3) is 40.7. The largest absolute Gasteiger partial charge is 0.481 e. The van der Waals surface area contributed by atoms with Crippen molar-refractivity contribution in [3.05, 3.63) is 0 Å². The van der Waals surface area contributed by atoms with Gasteiger partial charge in [-0.05, 0) is 19.3 Å². The SMILES string of the molecule is CCCCCCCCCCCCCCCOCCOCCOCCOCCOCCOCCOCCOC(=O)CCCCC(=O)O. The molecule has 0 aliphatic heterocycles. The third-order valence-corrected chi connectivity index (χ3v) is 7.14. The minimum absolute atomic E-state index is 0.0675. The molecular formula is C35H68O11. The molecule has 0 aromatic heterocycles. The van der Waals surface area contributed by atoms with E-state index in [0.717, 1.165) is 13.0 Å². The number of carboxylic acid groups (broad SMARTS) is 1. The van der Waals surface area contributed by atoms with E-state index in [1.807, 2.05) is 0 Å². The number of rotatable bonds is 40. The van der Waals surface area contributed by atoms with E-state index in [4.69, 9.17) is 43.0 Å². The molecule has 0 aliphatic rings. The van der Waals surface area contributed by atoms with Crippen LogP contribution in [0, 0.1) is 0 Å². The van der Waals surface area contributed by atoms with E-state index in [-0.39, 0.29) is 25.4 Å². The maximum atomic E-state index is 11.5. The molecule has 0 aliphatic carbocycles. The Morgan fingerprint density at radius 3 is 1.04 bits per heavy atom. The van der Waals surface area contributed by atoms with Gasteiger partial charge in [0.1, 0.15) is 6.61 Å². The van der Waals surface area contributed by atoms with Crippen molar-refractivity contribution in [1.29, 1.82) is 0 Å². The van der Waals surface area contributed by atoms with E-state index in [1.165, 1.54) is 77.0 Å². The van der Waals surface area contributed by atoms with Gasteiger partial charge in [-0.1, -0.05) is 84.0 Å². The van der Waals surface area contributed by atoms with Crippen LogP contribution in [0.15, 0.2) is 0 Å². The monoisotopic (exact) mass is 664 g/mol. The highest BCUT2D eigenvalue weighted by Gasteiger charge is 2.04. The number of carbonyl (C=O) groups is 2. The van der Waals surface area contributed by atoms with Gasteiger partial charge < -0.3 is 43.0 Å². The Hall–Kier alpha value is -1.34. The van der Waals surface area contributed by atoms with Gasteiger partial charge in [0.2, 0.25) is 0 Å². The van der Waals surface area contributed by atoms with Gasteiger partial charge in [0.05, 0.1) is 85.9 Å². The Kier molecular flexibility index (Phi) is 38.7. The average molecular weight is 665 g/mol. The predicted octanol–water partition coefficient (Wildman–Crippen LogP) is 6.38. The summed E-state index contributed by atoms with van der Waals surface area (Å²) in [4.78, 5) is 21.9. The van der Waals surface area contributed by atoms with Crippen molar-refractivity contribution < 1.29 is 52.6 Å². The molecule has 0 bridgehead atoms. The van der Waals surface area contributed by atoms with Gasteiger partial charge in [-0.25, -0.2) is 0 Å². The second-order valence-electron chi connectivity index (χ2n) is 11.4. The third-order valence-electron chi connectivity index (χ3n) is 7.14. The minimum atomic E-state index is -0.856. The van der Waals surface area contributed by atoms with Crippen LogP contribution in [0.5, 0.6) is 0 Å². The summed E-state index contributed by atoms with van der Waals surface area (Å²) in [6.07, 6.45) is 19.0. The van der Waals surface area contributed by atoms with Crippen LogP contribution in [0.4, 0.5) is 0 Å². The smallest absolute Gasteiger partial charge is 0.305 e. The molecule has 0 fully saturated rings. The van der Waals surface area contributed by atoms with Gasteiger partial charge in [0.15, 0.2) is 0 Å². The molecule has 0 saturated carbocycles. The van der Waals surface area contributed by atoms with Crippen molar-refractivity contribution in [1.82, 2.24) is 0 Å². The summed E-state index contributed by atoms with van der Waals surface area (Å²) in [5.74, 6) is -1.19. The Balaban J connectivity index is 3.09. The highest BCUT2D eigenvalue weighted by Crippen LogP contribution is 2.12. The molecule has 1 N–H and O–H groups in total. The van der Waals surface area contributed by atoms with Gasteiger partial charge in [-0.2, -0.15) is 0 Å². The summed E-state index contributed by atoms with van der Waals surface area (Å²) in [7, 11) is 0. The van der Waals surface area contributed by atoms with Crippen LogP contribution in [0.2, 0.25) is 0 Å². The first-order valence-corrected chi connectivity index (χ1v) is 18.1. The minimum Gasteiger partial charge on any atom is -0.481 e. The Morgan fingerprint density at radius 2 is 0.674 bits per heavy atom. The van der Waals surface area contributed by atoms with Gasteiger partial charge in [-0.15, -0.1) is 0 Å². The normalized spacial score (nSPS) is 11.3. The Labute approximate surface area is 279 Å². The average Bonchev–Trinajstić information content (AvgIpc) is 3.05. The molecule has 0 heterocycles. The highest BCUT2D eigenvalue weighted by atomic mass is 16.6. The second-order valence-corrected chi connectivity index (χ2v) is 11.4. The summed E-state index contributed by atoms with van der Waals surface area (Å²) in [5.41, 5.74) is 0. The fourth-order valence-electron chi connectivity index (χ4n) is 4.48. The zero-order valence-electron chi connectivity index (χ0n) is 29.2. The number of ether oxygens (including phenoxy) is 8. The number of carboxylic acids is 1. The Bertz CT molecular complexity index is 621. The van der Waals surface area contributed by atoms with Crippen molar-refractivity contribution in [2.75, 3.05) is 99.1 Å². The van der Waals surface area contributed by atoms with Crippen LogP contribution in [-0.4, -0.2) is 116 Å². The molecule has 11 nitrogen and oxygen atoms in total. The standard InChI is InChI=1S/C35H68O11/c1-2-3-4-5-6-7-8-9-10-11-12-13-16-19-39-20-21-40-22-23-41-24-25-42-26-27-43-28-29-44-30-31-45-32-33-46-35(38)18-15-14-17-34(36)37/h2-33H2,1H3,(H,36,37). The molecule has 0 amide bonds. The van der Waals surface area contributed by atoms with Crippen molar-refractivity contribution in [2.24, 2.45) is 0 Å². The van der Waals surface area contributed by atoms with E-state index >= 15 is 0 Å². The highest BCUT2D eigenvalue weighted by molar-refractivity contribution is 5.69. The van der Waals surface area contributed by atoms with Crippen molar-refractivity contribution in [3.8, 4) is 0 Å².